The van der Waals surface area contributed by atoms with Crippen LogP contribution in [0, 0.1) is 5.82 Å². The Bertz CT molecular complexity index is 1340. The second-order valence-electron chi connectivity index (χ2n) is 11.1. The monoisotopic (exact) mass is 556 g/mol. The van der Waals surface area contributed by atoms with Crippen molar-refractivity contribution in [1.82, 2.24) is 14.9 Å². The van der Waals surface area contributed by atoms with E-state index < -0.39 is 11.4 Å². The first kappa shape index (κ1) is 27.2. The van der Waals surface area contributed by atoms with Crippen LogP contribution in [-0.4, -0.2) is 51.9 Å². The van der Waals surface area contributed by atoms with Gasteiger partial charge in [0, 0.05) is 23.7 Å². The van der Waals surface area contributed by atoms with Gasteiger partial charge in [0.15, 0.2) is 11.5 Å². The van der Waals surface area contributed by atoms with E-state index in [1.165, 1.54) is 18.5 Å². The van der Waals surface area contributed by atoms with Crippen molar-refractivity contribution in [3.8, 4) is 11.5 Å². The Labute approximate surface area is 232 Å². The Morgan fingerprint density at radius 2 is 1.90 bits per heavy atom. The summed E-state index contributed by atoms with van der Waals surface area (Å²) in [6, 6.07) is 8.02. The maximum absolute atomic E-state index is 13.7. The highest BCUT2D eigenvalue weighted by Gasteiger charge is 2.33. The molecule has 0 radical (unpaired) electrons. The number of halogens is 2. The van der Waals surface area contributed by atoms with Crippen molar-refractivity contribution in [3.63, 3.8) is 0 Å². The SMILES string of the molecule is CC(C)(C)OC(=O)N1CCCC1COc1cc2c(Nc3ccc(F)c(Cl)c3)ncnc2cc1OC1CCCC1. The fraction of sp³-hybridized carbons (Fsp3) is 0.483. The number of aromatic nitrogens is 2. The molecule has 0 bridgehead atoms. The lowest BCUT2D eigenvalue weighted by Crippen LogP contribution is -2.42. The van der Waals surface area contributed by atoms with Gasteiger partial charge < -0.3 is 24.4 Å². The van der Waals surface area contributed by atoms with E-state index in [-0.39, 0.29) is 23.3 Å². The van der Waals surface area contributed by atoms with E-state index in [9.17, 15) is 9.18 Å². The minimum atomic E-state index is -0.566. The summed E-state index contributed by atoms with van der Waals surface area (Å²) in [5.41, 5.74) is 0.704. The van der Waals surface area contributed by atoms with Crippen molar-refractivity contribution in [2.45, 2.75) is 77.0 Å². The average molecular weight is 557 g/mol. The molecule has 2 aliphatic rings. The van der Waals surface area contributed by atoms with E-state index in [1.807, 2.05) is 32.9 Å². The van der Waals surface area contributed by atoms with Crippen molar-refractivity contribution in [1.29, 1.82) is 0 Å². The summed E-state index contributed by atoms with van der Waals surface area (Å²) in [7, 11) is 0. The summed E-state index contributed by atoms with van der Waals surface area (Å²) >= 11 is 5.98. The standard InChI is InChI=1S/C29H34ClFN4O4/c1-29(2,3)39-28(36)35-12-6-7-19(35)16-37-25-14-21-24(15-26(25)38-20-8-4-5-9-20)32-17-33-27(21)34-18-10-11-23(31)22(30)13-18/h10-11,13-15,17,19-20H,4-9,12,16H2,1-3H3,(H,32,33,34). The Balaban J connectivity index is 1.42. The minimum Gasteiger partial charge on any atom is -0.488 e. The Morgan fingerprint density at radius 3 is 2.64 bits per heavy atom. The summed E-state index contributed by atoms with van der Waals surface area (Å²) in [5, 5.41) is 3.93. The molecule has 1 unspecified atom stereocenters. The molecule has 2 heterocycles. The molecule has 1 aromatic heterocycles. The summed E-state index contributed by atoms with van der Waals surface area (Å²) in [5.74, 6) is 1.20. The molecule has 1 N–H and O–H groups in total. The number of hydrogen-bond acceptors (Lipinski definition) is 7. The number of amides is 1. The van der Waals surface area contributed by atoms with Gasteiger partial charge in [-0.25, -0.2) is 19.2 Å². The fourth-order valence-electron chi connectivity index (χ4n) is 5.02. The van der Waals surface area contributed by atoms with Crippen LogP contribution in [0.1, 0.15) is 59.3 Å². The molecular formula is C29H34ClFN4O4. The average Bonchev–Trinajstić information content (AvgIpc) is 3.56. The maximum atomic E-state index is 13.7. The van der Waals surface area contributed by atoms with Gasteiger partial charge in [0.05, 0.1) is 22.7 Å². The van der Waals surface area contributed by atoms with Crippen LogP contribution < -0.4 is 14.8 Å². The van der Waals surface area contributed by atoms with Crippen LogP contribution in [0.5, 0.6) is 11.5 Å². The molecule has 208 valence electrons. The van der Waals surface area contributed by atoms with Crippen molar-refractivity contribution in [2.24, 2.45) is 0 Å². The number of benzene rings is 2. The number of likely N-dealkylation sites (tertiary alicyclic amines) is 1. The van der Waals surface area contributed by atoms with Gasteiger partial charge in [0.25, 0.3) is 0 Å². The highest BCUT2D eigenvalue weighted by Crippen LogP contribution is 2.38. The zero-order valence-electron chi connectivity index (χ0n) is 22.5. The highest BCUT2D eigenvalue weighted by atomic mass is 35.5. The number of nitrogens with one attached hydrogen (secondary N) is 1. The second-order valence-corrected chi connectivity index (χ2v) is 11.5. The second kappa shape index (κ2) is 11.4. The third kappa shape index (κ3) is 6.64. The van der Waals surface area contributed by atoms with Gasteiger partial charge in [0.2, 0.25) is 0 Å². The molecule has 1 atom stereocenters. The molecule has 8 nitrogen and oxygen atoms in total. The van der Waals surface area contributed by atoms with E-state index in [0.29, 0.717) is 47.1 Å². The molecule has 1 saturated heterocycles. The number of carbonyl (C=O) groups excluding carboxylic acids is 1. The quantitative estimate of drug-likeness (QED) is 0.327. The predicted octanol–water partition coefficient (Wildman–Crippen LogP) is 7.27. The summed E-state index contributed by atoms with van der Waals surface area (Å²) in [6.45, 7) is 6.52. The van der Waals surface area contributed by atoms with Gasteiger partial charge in [-0.1, -0.05) is 11.6 Å². The molecule has 2 fully saturated rings. The number of fused-ring (bicyclic) bond motifs is 1. The number of ether oxygens (including phenoxy) is 3. The molecular weight excluding hydrogens is 523 g/mol. The molecule has 3 aromatic rings. The van der Waals surface area contributed by atoms with Gasteiger partial charge >= 0.3 is 6.09 Å². The van der Waals surface area contributed by atoms with E-state index in [2.05, 4.69) is 15.3 Å². The lowest BCUT2D eigenvalue weighted by atomic mass is 10.2. The van der Waals surface area contributed by atoms with E-state index in [0.717, 1.165) is 38.5 Å². The van der Waals surface area contributed by atoms with Gasteiger partial charge in [-0.2, -0.15) is 0 Å². The summed E-state index contributed by atoms with van der Waals surface area (Å²) in [6.07, 6.45) is 7.24. The minimum absolute atomic E-state index is 0.0146. The number of rotatable bonds is 7. The Hall–Kier alpha value is -3.33. The normalized spacial score (nSPS) is 18.0. The van der Waals surface area contributed by atoms with E-state index in [4.69, 9.17) is 25.8 Å². The number of nitrogens with zero attached hydrogens (tertiary/aromatic N) is 3. The highest BCUT2D eigenvalue weighted by molar-refractivity contribution is 6.31. The first-order valence-electron chi connectivity index (χ1n) is 13.5. The molecule has 1 amide bonds. The number of carbonyl (C=O) groups is 1. The first-order chi connectivity index (χ1) is 18.7. The molecule has 5 rings (SSSR count). The van der Waals surface area contributed by atoms with Crippen LogP contribution in [0.4, 0.5) is 20.7 Å². The lowest BCUT2D eigenvalue weighted by Gasteiger charge is -2.28. The van der Waals surface area contributed by atoms with Gasteiger partial charge in [-0.15, -0.1) is 0 Å². The first-order valence-corrected chi connectivity index (χ1v) is 13.8. The van der Waals surface area contributed by atoms with Crippen LogP contribution in [0.25, 0.3) is 10.9 Å². The largest absolute Gasteiger partial charge is 0.488 e. The van der Waals surface area contributed by atoms with Crippen LogP contribution in [0.15, 0.2) is 36.7 Å². The summed E-state index contributed by atoms with van der Waals surface area (Å²) < 4.78 is 32.0. The summed E-state index contributed by atoms with van der Waals surface area (Å²) in [4.78, 5) is 23.4. The van der Waals surface area contributed by atoms with Crippen molar-refractivity contribution < 1.29 is 23.4 Å². The third-order valence-electron chi connectivity index (χ3n) is 6.92. The van der Waals surface area contributed by atoms with Gasteiger partial charge in [-0.3, -0.25) is 0 Å². The van der Waals surface area contributed by atoms with Crippen LogP contribution in [0.2, 0.25) is 5.02 Å². The zero-order chi connectivity index (χ0) is 27.6. The van der Waals surface area contributed by atoms with Crippen LogP contribution >= 0.6 is 11.6 Å². The molecule has 10 heteroatoms. The lowest BCUT2D eigenvalue weighted by molar-refractivity contribution is 0.0186. The maximum Gasteiger partial charge on any atom is 0.410 e. The molecule has 1 aliphatic carbocycles. The molecule has 0 spiro atoms. The number of anilines is 2. The van der Waals surface area contributed by atoms with Crippen LogP contribution in [0.3, 0.4) is 0 Å². The molecule has 39 heavy (non-hydrogen) atoms. The van der Waals surface area contributed by atoms with Crippen molar-refractivity contribution >= 4 is 40.1 Å². The van der Waals surface area contributed by atoms with Crippen molar-refractivity contribution in [3.05, 3.63) is 47.5 Å². The van der Waals surface area contributed by atoms with Gasteiger partial charge in [0.1, 0.15) is 30.2 Å². The van der Waals surface area contributed by atoms with Crippen LogP contribution in [-0.2, 0) is 4.74 Å². The third-order valence-corrected chi connectivity index (χ3v) is 7.21. The Morgan fingerprint density at radius 1 is 1.10 bits per heavy atom. The smallest absolute Gasteiger partial charge is 0.410 e. The number of hydrogen-bond donors (Lipinski definition) is 1. The van der Waals surface area contributed by atoms with Crippen molar-refractivity contribution in [2.75, 3.05) is 18.5 Å². The molecule has 2 aromatic carbocycles. The van der Waals surface area contributed by atoms with E-state index >= 15 is 0 Å². The fourth-order valence-corrected chi connectivity index (χ4v) is 5.20. The van der Waals surface area contributed by atoms with Gasteiger partial charge in [-0.05, 0) is 83.6 Å². The topological polar surface area (TPSA) is 85.8 Å². The Kier molecular flexibility index (Phi) is 7.98. The van der Waals surface area contributed by atoms with E-state index in [1.54, 1.807) is 11.0 Å². The zero-order valence-corrected chi connectivity index (χ0v) is 23.3. The molecule has 1 aliphatic heterocycles. The predicted molar refractivity (Wildman–Crippen MR) is 149 cm³/mol. The molecule has 1 saturated carbocycles.